The second-order valence-corrected chi connectivity index (χ2v) is 7.12. The van der Waals surface area contributed by atoms with Gasteiger partial charge in [0, 0.05) is 13.5 Å². The van der Waals surface area contributed by atoms with E-state index in [0.29, 0.717) is 12.0 Å². The van der Waals surface area contributed by atoms with Gasteiger partial charge in [-0.15, -0.1) is 0 Å². The highest BCUT2D eigenvalue weighted by Crippen LogP contribution is 2.34. The van der Waals surface area contributed by atoms with E-state index in [0.717, 1.165) is 5.56 Å². The van der Waals surface area contributed by atoms with Crippen LogP contribution in [0.1, 0.15) is 31.1 Å². The van der Waals surface area contributed by atoms with Crippen LogP contribution in [-0.2, 0) is 16.0 Å². The number of likely N-dealkylation sites (N-methyl/N-ethyl adjacent to an activating group) is 1. The number of carbonyl (C=O) groups excluding carboxylic acids is 2. The van der Waals surface area contributed by atoms with Gasteiger partial charge in [-0.05, 0) is 25.0 Å². The number of hydrogen-bond donors (Lipinski definition) is 1. The molecule has 2 amide bonds. The minimum absolute atomic E-state index is 0.118. The molecule has 2 atom stereocenters. The molecule has 3 rings (SSSR count). The maximum atomic E-state index is 13.2. The number of aliphatic hydroxyl groups excluding tert-OH is 1. The van der Waals surface area contributed by atoms with Gasteiger partial charge < -0.3 is 14.9 Å². The van der Waals surface area contributed by atoms with Crippen LogP contribution < -0.4 is 0 Å². The van der Waals surface area contributed by atoms with Crippen LogP contribution in [0, 0.1) is 0 Å². The number of rotatable bonds is 4. The maximum absolute atomic E-state index is 13.2. The molecule has 2 aromatic carbocycles. The Morgan fingerprint density at radius 3 is 2.19 bits per heavy atom. The minimum atomic E-state index is -1.30. The van der Waals surface area contributed by atoms with Gasteiger partial charge in [0.05, 0.1) is 0 Å². The van der Waals surface area contributed by atoms with Gasteiger partial charge in [-0.2, -0.15) is 0 Å². The first kappa shape index (κ1) is 18.1. The van der Waals surface area contributed by atoms with Crippen LogP contribution in [0.5, 0.6) is 0 Å². The monoisotopic (exact) mass is 352 g/mol. The summed E-state index contributed by atoms with van der Waals surface area (Å²) in [6.45, 7) is 3.65. The van der Waals surface area contributed by atoms with E-state index in [1.807, 2.05) is 50.2 Å². The highest BCUT2D eigenvalue weighted by molar-refractivity contribution is 5.94. The third-order valence-electron chi connectivity index (χ3n) is 5.20. The fourth-order valence-electron chi connectivity index (χ4n) is 3.50. The van der Waals surface area contributed by atoms with Crippen molar-refractivity contribution < 1.29 is 14.7 Å². The Balaban J connectivity index is 1.94. The first-order valence-corrected chi connectivity index (χ1v) is 8.72. The van der Waals surface area contributed by atoms with Crippen LogP contribution in [0.15, 0.2) is 60.7 Å². The first-order valence-electron chi connectivity index (χ1n) is 8.72. The predicted octanol–water partition coefficient (Wildman–Crippen LogP) is 2.37. The molecule has 0 bridgehead atoms. The summed E-state index contributed by atoms with van der Waals surface area (Å²) in [6, 6.07) is 17.8. The van der Waals surface area contributed by atoms with Gasteiger partial charge in [0.15, 0.2) is 6.10 Å². The Hall–Kier alpha value is -2.66. The third-order valence-corrected chi connectivity index (χ3v) is 5.20. The number of hydrogen-bond acceptors (Lipinski definition) is 3. The molecule has 0 aliphatic carbocycles. The second kappa shape index (κ2) is 6.92. The molecule has 1 saturated heterocycles. The SMILES string of the molecule is CN1C(=O)[C@H](Cc2ccccc2)N(C(=O)[C@@H](O)c2ccccc2)C1(C)C. The van der Waals surface area contributed by atoms with Crippen LogP contribution in [-0.4, -0.2) is 45.5 Å². The fraction of sp³-hybridized carbons (Fsp3) is 0.333. The van der Waals surface area contributed by atoms with Crippen molar-refractivity contribution in [2.75, 3.05) is 7.05 Å². The van der Waals surface area contributed by atoms with Gasteiger partial charge in [0.1, 0.15) is 11.7 Å². The lowest BCUT2D eigenvalue weighted by Gasteiger charge is -2.38. The quantitative estimate of drug-likeness (QED) is 0.919. The Morgan fingerprint density at radius 2 is 1.62 bits per heavy atom. The lowest BCUT2D eigenvalue weighted by atomic mass is 10.0. The van der Waals surface area contributed by atoms with Crippen molar-refractivity contribution in [1.29, 1.82) is 0 Å². The van der Waals surface area contributed by atoms with Gasteiger partial charge in [-0.3, -0.25) is 9.59 Å². The van der Waals surface area contributed by atoms with Gasteiger partial charge in [-0.1, -0.05) is 60.7 Å². The van der Waals surface area contributed by atoms with Crippen LogP contribution in [0.3, 0.4) is 0 Å². The summed E-state index contributed by atoms with van der Waals surface area (Å²) in [5.41, 5.74) is 0.682. The highest BCUT2D eigenvalue weighted by atomic mass is 16.3. The van der Waals surface area contributed by atoms with E-state index < -0.39 is 23.7 Å². The van der Waals surface area contributed by atoms with E-state index >= 15 is 0 Å². The maximum Gasteiger partial charge on any atom is 0.258 e. The summed E-state index contributed by atoms with van der Waals surface area (Å²) >= 11 is 0. The highest BCUT2D eigenvalue weighted by Gasteiger charge is 2.52. The summed E-state index contributed by atoms with van der Waals surface area (Å²) in [5.74, 6) is -0.577. The van der Waals surface area contributed by atoms with E-state index in [1.165, 1.54) is 4.90 Å². The van der Waals surface area contributed by atoms with Gasteiger partial charge in [-0.25, -0.2) is 0 Å². The zero-order valence-electron chi connectivity index (χ0n) is 15.3. The molecular weight excluding hydrogens is 328 g/mol. The normalized spacial score (nSPS) is 20.3. The van der Waals surface area contributed by atoms with Gasteiger partial charge in [0.25, 0.3) is 5.91 Å². The number of aliphatic hydroxyl groups is 1. The van der Waals surface area contributed by atoms with Crippen LogP contribution in [0.4, 0.5) is 0 Å². The molecule has 1 aliphatic rings. The molecule has 0 aromatic heterocycles. The molecule has 2 aromatic rings. The van der Waals surface area contributed by atoms with Crippen molar-refractivity contribution >= 4 is 11.8 Å². The lowest BCUT2D eigenvalue weighted by Crippen LogP contribution is -2.53. The summed E-state index contributed by atoms with van der Waals surface area (Å²) in [4.78, 5) is 29.1. The van der Waals surface area contributed by atoms with E-state index in [1.54, 1.807) is 36.2 Å². The molecule has 5 heteroatoms. The zero-order valence-corrected chi connectivity index (χ0v) is 15.3. The molecule has 1 heterocycles. The van der Waals surface area contributed by atoms with Crippen molar-refractivity contribution in [1.82, 2.24) is 9.80 Å². The Kier molecular flexibility index (Phi) is 4.83. The van der Waals surface area contributed by atoms with Crippen molar-refractivity contribution in [2.24, 2.45) is 0 Å². The summed E-state index contributed by atoms with van der Waals surface area (Å²) in [5, 5.41) is 10.6. The standard InChI is InChI=1S/C21H24N2O3/c1-21(2)22(3)19(25)17(14-15-10-6-4-7-11-15)23(21)20(26)18(24)16-12-8-5-9-13-16/h4-13,17-18,24H,14H2,1-3H3/t17-,18-/m0/s1. The Labute approximate surface area is 153 Å². The summed E-state index contributed by atoms with van der Waals surface area (Å²) in [7, 11) is 1.70. The molecule has 0 radical (unpaired) electrons. The number of amides is 2. The minimum Gasteiger partial charge on any atom is -0.378 e. The number of benzene rings is 2. The molecular formula is C21H24N2O3. The summed E-state index contributed by atoms with van der Waals surface area (Å²) < 4.78 is 0. The lowest BCUT2D eigenvalue weighted by molar-refractivity contribution is -0.149. The zero-order chi connectivity index (χ0) is 18.9. The average Bonchev–Trinajstić information content (AvgIpc) is 2.82. The van der Waals surface area contributed by atoms with E-state index in [9.17, 15) is 14.7 Å². The third kappa shape index (κ3) is 3.10. The molecule has 1 aliphatic heterocycles. The Bertz CT molecular complexity index is 789. The molecule has 26 heavy (non-hydrogen) atoms. The average molecular weight is 352 g/mol. The molecule has 1 fully saturated rings. The van der Waals surface area contributed by atoms with E-state index in [2.05, 4.69) is 0 Å². The van der Waals surface area contributed by atoms with Crippen LogP contribution >= 0.6 is 0 Å². The molecule has 136 valence electrons. The largest absolute Gasteiger partial charge is 0.378 e. The summed E-state index contributed by atoms with van der Waals surface area (Å²) in [6.07, 6.45) is -0.881. The second-order valence-electron chi connectivity index (χ2n) is 7.12. The van der Waals surface area contributed by atoms with E-state index in [4.69, 9.17) is 0 Å². The fourth-order valence-corrected chi connectivity index (χ4v) is 3.50. The smallest absolute Gasteiger partial charge is 0.258 e. The first-order chi connectivity index (χ1) is 12.3. The topological polar surface area (TPSA) is 60.9 Å². The Morgan fingerprint density at radius 1 is 1.08 bits per heavy atom. The molecule has 0 unspecified atom stereocenters. The van der Waals surface area contributed by atoms with Crippen molar-refractivity contribution in [3.63, 3.8) is 0 Å². The number of carbonyl (C=O) groups is 2. The van der Waals surface area contributed by atoms with Gasteiger partial charge >= 0.3 is 0 Å². The predicted molar refractivity (Wildman–Crippen MR) is 99.0 cm³/mol. The van der Waals surface area contributed by atoms with Crippen LogP contribution in [0.25, 0.3) is 0 Å². The van der Waals surface area contributed by atoms with Crippen molar-refractivity contribution in [3.8, 4) is 0 Å². The van der Waals surface area contributed by atoms with Crippen molar-refractivity contribution in [2.45, 2.75) is 38.1 Å². The van der Waals surface area contributed by atoms with Crippen LogP contribution in [0.2, 0.25) is 0 Å². The van der Waals surface area contributed by atoms with Crippen molar-refractivity contribution in [3.05, 3.63) is 71.8 Å². The molecule has 1 N–H and O–H groups in total. The molecule has 5 nitrogen and oxygen atoms in total. The molecule has 0 spiro atoms. The van der Waals surface area contributed by atoms with Gasteiger partial charge in [0.2, 0.25) is 5.91 Å². The number of nitrogens with zero attached hydrogens (tertiary/aromatic N) is 2. The van der Waals surface area contributed by atoms with E-state index in [-0.39, 0.29) is 5.91 Å². The molecule has 0 saturated carbocycles.